The molecule has 0 unspecified atom stereocenters. The molecule has 0 saturated heterocycles. The van der Waals surface area contributed by atoms with E-state index in [9.17, 15) is 28.3 Å². The van der Waals surface area contributed by atoms with Crippen LogP contribution < -0.4 is 0 Å². The van der Waals surface area contributed by atoms with E-state index < -0.39 is 23.3 Å². The van der Waals surface area contributed by atoms with Crippen molar-refractivity contribution in [3.05, 3.63) is 70.8 Å². The monoisotopic (exact) mass is 443 g/mol. The number of aliphatic carboxylic acids is 1. The van der Waals surface area contributed by atoms with Crippen molar-refractivity contribution in [2.75, 3.05) is 0 Å². The van der Waals surface area contributed by atoms with Crippen molar-refractivity contribution in [1.29, 1.82) is 5.26 Å². The van der Waals surface area contributed by atoms with Crippen LogP contribution in [0.15, 0.2) is 48.5 Å². The van der Waals surface area contributed by atoms with Gasteiger partial charge >= 0.3 is 12.1 Å². The van der Waals surface area contributed by atoms with Gasteiger partial charge in [0, 0.05) is 5.56 Å². The van der Waals surface area contributed by atoms with Gasteiger partial charge in [0.2, 0.25) is 0 Å². The quantitative estimate of drug-likeness (QED) is 0.512. The molecule has 3 aromatic rings. The van der Waals surface area contributed by atoms with Gasteiger partial charge in [0.05, 0.1) is 29.2 Å². The van der Waals surface area contributed by atoms with E-state index in [4.69, 9.17) is 5.11 Å². The van der Waals surface area contributed by atoms with E-state index >= 15 is 0 Å². The number of nitrogens with zero attached hydrogens (tertiary/aromatic N) is 1. The van der Waals surface area contributed by atoms with Crippen molar-refractivity contribution >= 4 is 16.7 Å². The number of halogens is 3. The molecule has 32 heavy (non-hydrogen) atoms. The number of rotatable bonds is 3. The standard InChI is InChI=1S/C21H14F3NO2.C4H10O/c1-12-8-13-4-2-3-5-16(13)20(18(12)10-19(26)27)17-7-6-15(21(22,23)24)9-14(17)11-25;1-4(2,3)5/h2-9H,10H2,1H3,(H,26,27);5H,1-3H3. The van der Waals surface area contributed by atoms with E-state index in [1.165, 1.54) is 6.07 Å². The highest BCUT2D eigenvalue weighted by molar-refractivity contribution is 6.01. The number of fused-ring (bicyclic) bond motifs is 1. The molecular formula is C25H24F3NO3. The average molecular weight is 443 g/mol. The van der Waals surface area contributed by atoms with Crippen LogP contribution in [-0.4, -0.2) is 21.8 Å². The molecule has 7 heteroatoms. The van der Waals surface area contributed by atoms with Crippen LogP contribution in [0.25, 0.3) is 21.9 Å². The van der Waals surface area contributed by atoms with Crippen molar-refractivity contribution in [1.82, 2.24) is 0 Å². The van der Waals surface area contributed by atoms with Crippen LogP contribution in [0.1, 0.15) is 43.0 Å². The second-order valence-corrected chi connectivity index (χ2v) is 8.38. The number of hydrogen-bond donors (Lipinski definition) is 2. The molecule has 0 atom stereocenters. The normalized spacial score (nSPS) is 11.5. The van der Waals surface area contributed by atoms with Gasteiger partial charge in [-0.1, -0.05) is 36.4 Å². The molecule has 2 N–H and O–H groups in total. The van der Waals surface area contributed by atoms with Crippen LogP contribution in [0.3, 0.4) is 0 Å². The third-order valence-electron chi connectivity index (χ3n) is 4.44. The number of aryl methyl sites for hydroxylation is 1. The van der Waals surface area contributed by atoms with Crippen molar-refractivity contribution in [3.63, 3.8) is 0 Å². The zero-order valence-corrected chi connectivity index (χ0v) is 18.2. The summed E-state index contributed by atoms with van der Waals surface area (Å²) in [6.45, 7) is 6.98. The number of carboxylic acids is 1. The SMILES string of the molecule is CC(C)(C)O.Cc1cc2ccccc2c(-c2ccc(C(F)(F)F)cc2C#N)c1CC(=O)O. The second-order valence-electron chi connectivity index (χ2n) is 8.38. The van der Waals surface area contributed by atoms with E-state index in [1.54, 1.807) is 39.8 Å². The zero-order chi connectivity index (χ0) is 24.3. The molecule has 3 rings (SSSR count). The minimum absolute atomic E-state index is 0.146. The highest BCUT2D eigenvalue weighted by Crippen LogP contribution is 2.39. The van der Waals surface area contributed by atoms with E-state index in [1.807, 2.05) is 24.3 Å². The van der Waals surface area contributed by atoms with Gasteiger partial charge in [-0.3, -0.25) is 4.79 Å². The second kappa shape index (κ2) is 9.41. The van der Waals surface area contributed by atoms with E-state index in [0.29, 0.717) is 27.6 Å². The molecule has 0 fully saturated rings. The number of aliphatic hydroxyl groups is 1. The molecule has 0 radical (unpaired) electrons. The Morgan fingerprint density at radius 3 is 2.19 bits per heavy atom. The maximum Gasteiger partial charge on any atom is 0.416 e. The van der Waals surface area contributed by atoms with Crippen molar-refractivity contribution in [2.24, 2.45) is 0 Å². The van der Waals surface area contributed by atoms with Gasteiger partial charge in [-0.2, -0.15) is 18.4 Å². The number of benzene rings is 3. The van der Waals surface area contributed by atoms with Crippen LogP contribution in [0.2, 0.25) is 0 Å². The number of carboxylic acid groups (broad SMARTS) is 1. The van der Waals surface area contributed by atoms with Crippen LogP contribution in [0.5, 0.6) is 0 Å². The van der Waals surface area contributed by atoms with E-state index in [0.717, 1.165) is 17.5 Å². The molecule has 0 amide bonds. The summed E-state index contributed by atoms with van der Waals surface area (Å²) in [5.41, 5.74) is 0.402. The summed E-state index contributed by atoms with van der Waals surface area (Å²) < 4.78 is 39.1. The van der Waals surface area contributed by atoms with Crippen LogP contribution in [0, 0.1) is 18.3 Å². The molecule has 168 valence electrons. The Morgan fingerprint density at radius 1 is 1.06 bits per heavy atom. The lowest BCUT2D eigenvalue weighted by Gasteiger charge is -2.17. The summed E-state index contributed by atoms with van der Waals surface area (Å²) >= 11 is 0. The Balaban J connectivity index is 0.000000654. The van der Waals surface area contributed by atoms with Gasteiger partial charge in [-0.15, -0.1) is 0 Å². The highest BCUT2D eigenvalue weighted by Gasteiger charge is 2.31. The Kier molecular flexibility index (Phi) is 7.32. The van der Waals surface area contributed by atoms with Gasteiger partial charge in [0.1, 0.15) is 0 Å². The summed E-state index contributed by atoms with van der Waals surface area (Å²) in [5, 5.41) is 28.8. The highest BCUT2D eigenvalue weighted by atomic mass is 19.4. The summed E-state index contributed by atoms with van der Waals surface area (Å²) in [5.74, 6) is -1.06. The maximum absolute atomic E-state index is 13.0. The lowest BCUT2D eigenvalue weighted by molar-refractivity contribution is -0.138. The predicted octanol–water partition coefficient (Wildman–Crippen LogP) is 6.11. The van der Waals surface area contributed by atoms with E-state index in [-0.39, 0.29) is 12.0 Å². The molecule has 0 bridgehead atoms. The lowest BCUT2D eigenvalue weighted by atomic mass is 9.86. The molecule has 3 aromatic carbocycles. The molecule has 4 nitrogen and oxygen atoms in total. The first-order valence-corrected chi connectivity index (χ1v) is 9.79. The number of hydrogen-bond acceptors (Lipinski definition) is 3. The minimum atomic E-state index is -4.57. The van der Waals surface area contributed by atoms with Gasteiger partial charge < -0.3 is 10.2 Å². The molecular weight excluding hydrogens is 419 g/mol. The first-order chi connectivity index (χ1) is 14.7. The summed E-state index contributed by atoms with van der Waals surface area (Å²) in [7, 11) is 0. The molecule has 0 aliphatic carbocycles. The molecule has 0 aliphatic rings. The summed E-state index contributed by atoms with van der Waals surface area (Å²) in [6.07, 6.45) is -4.86. The molecule has 0 spiro atoms. The Hall–Kier alpha value is -3.37. The Labute approximate surface area is 184 Å². The Bertz CT molecular complexity index is 1180. The molecule has 0 aliphatic heterocycles. The zero-order valence-electron chi connectivity index (χ0n) is 18.2. The first kappa shape index (κ1) is 24.9. The van der Waals surface area contributed by atoms with E-state index in [2.05, 4.69) is 0 Å². The van der Waals surface area contributed by atoms with Gasteiger partial charge in [0.15, 0.2) is 0 Å². The Morgan fingerprint density at radius 2 is 1.66 bits per heavy atom. The van der Waals surface area contributed by atoms with Crippen LogP contribution >= 0.6 is 0 Å². The number of alkyl halides is 3. The maximum atomic E-state index is 13.0. The fourth-order valence-corrected chi connectivity index (χ4v) is 3.25. The largest absolute Gasteiger partial charge is 0.481 e. The molecule has 0 aromatic heterocycles. The lowest BCUT2D eigenvalue weighted by Crippen LogP contribution is -2.10. The average Bonchev–Trinajstić information content (AvgIpc) is 2.66. The van der Waals surface area contributed by atoms with Gasteiger partial charge in [-0.25, -0.2) is 0 Å². The fourth-order valence-electron chi connectivity index (χ4n) is 3.25. The van der Waals surface area contributed by atoms with Gasteiger partial charge in [0.25, 0.3) is 0 Å². The van der Waals surface area contributed by atoms with Crippen LogP contribution in [-0.2, 0) is 17.4 Å². The van der Waals surface area contributed by atoms with Crippen molar-refractivity contribution in [3.8, 4) is 17.2 Å². The summed E-state index contributed by atoms with van der Waals surface area (Å²) in [6, 6.07) is 13.8. The smallest absolute Gasteiger partial charge is 0.416 e. The van der Waals surface area contributed by atoms with Gasteiger partial charge in [-0.05, 0) is 67.3 Å². The minimum Gasteiger partial charge on any atom is -0.481 e. The molecule has 0 heterocycles. The molecule has 0 saturated carbocycles. The summed E-state index contributed by atoms with van der Waals surface area (Å²) in [4.78, 5) is 11.4. The van der Waals surface area contributed by atoms with Crippen molar-refractivity contribution in [2.45, 2.75) is 45.9 Å². The third-order valence-corrected chi connectivity index (χ3v) is 4.44. The fraction of sp³-hybridized carbons (Fsp3) is 0.280. The topological polar surface area (TPSA) is 81.3 Å². The van der Waals surface area contributed by atoms with Crippen LogP contribution in [0.4, 0.5) is 13.2 Å². The first-order valence-electron chi connectivity index (χ1n) is 9.79. The predicted molar refractivity (Wildman–Crippen MR) is 117 cm³/mol. The number of nitriles is 1. The number of carbonyl (C=O) groups is 1. The van der Waals surface area contributed by atoms with Crippen molar-refractivity contribution < 1.29 is 28.2 Å². The third kappa shape index (κ3) is 6.32.